The molecule has 11 aromatic carbocycles. The standard InChI is InChI=1S/C73H48N4/c1-5-17-47(18-6-1)49-29-31-53-43-57(35-33-51(53)41-49)71-74-67-27-15-13-25-63(67)69(76-71)55-37-39-61-62-40-38-56(46-66(62)73(65(61)45-55,59-21-9-3-10-22-59)60-23-11-4-12-24-60)70-64-26-14-16-28-68(64)75-72(77-70)58-36-34-52-42-50(30-32-54(52)44-58)48-19-7-2-8-20-48/h1-46,67H,(H,74,76). The number of para-hydroxylation sites is 1. The normalized spacial score (nSPS) is 15.0. The van der Waals surface area contributed by atoms with Crippen molar-refractivity contribution in [3.05, 3.63) is 318 Å². The average Bonchev–Trinajstić information content (AvgIpc) is 4.01. The first kappa shape index (κ1) is 44.5. The van der Waals surface area contributed by atoms with Crippen molar-refractivity contribution in [2.45, 2.75) is 11.5 Å². The van der Waals surface area contributed by atoms with E-state index in [1.165, 1.54) is 71.8 Å². The Bertz CT molecular complexity index is 4420. The number of hydrogen-bond donors (Lipinski definition) is 1. The van der Waals surface area contributed by atoms with Crippen LogP contribution in [0.25, 0.3) is 94.2 Å². The number of aromatic nitrogens is 2. The van der Waals surface area contributed by atoms with Crippen LogP contribution in [0.15, 0.2) is 290 Å². The average molecular weight is 981 g/mol. The second-order valence-corrected chi connectivity index (χ2v) is 20.3. The number of benzene rings is 11. The van der Waals surface area contributed by atoms with Gasteiger partial charge in [-0.1, -0.05) is 237 Å². The molecule has 0 saturated heterocycles. The Morgan fingerprint density at radius 1 is 0.377 bits per heavy atom. The number of nitrogens with one attached hydrogen (secondary N) is 1. The van der Waals surface area contributed by atoms with Gasteiger partial charge in [0.2, 0.25) is 0 Å². The lowest BCUT2D eigenvalue weighted by Crippen LogP contribution is -2.39. The zero-order valence-corrected chi connectivity index (χ0v) is 42.0. The monoisotopic (exact) mass is 980 g/mol. The first-order chi connectivity index (χ1) is 38.1. The van der Waals surface area contributed by atoms with Crippen LogP contribution in [-0.4, -0.2) is 21.8 Å². The Labute approximate surface area is 447 Å². The predicted octanol–water partition coefficient (Wildman–Crippen LogP) is 17.2. The maximum atomic E-state index is 5.58. The molecule has 1 unspecified atom stereocenters. The van der Waals surface area contributed by atoms with E-state index in [0.717, 1.165) is 61.3 Å². The lowest BCUT2D eigenvalue weighted by Gasteiger charge is -2.34. The minimum absolute atomic E-state index is 0.0469. The summed E-state index contributed by atoms with van der Waals surface area (Å²) in [6.07, 6.45) is 8.72. The van der Waals surface area contributed by atoms with Gasteiger partial charge < -0.3 is 5.32 Å². The highest BCUT2D eigenvalue weighted by Gasteiger charge is 2.47. The lowest BCUT2D eigenvalue weighted by atomic mass is 9.67. The second-order valence-electron chi connectivity index (χ2n) is 20.3. The molecule has 15 rings (SSSR count). The molecule has 4 heteroatoms. The third kappa shape index (κ3) is 7.48. The van der Waals surface area contributed by atoms with Gasteiger partial charge >= 0.3 is 0 Å². The largest absolute Gasteiger partial charge is 0.359 e. The smallest absolute Gasteiger partial charge is 0.160 e. The summed E-state index contributed by atoms with van der Waals surface area (Å²) in [7, 11) is 0. The third-order valence-corrected chi connectivity index (χ3v) is 15.9. The van der Waals surface area contributed by atoms with Gasteiger partial charge in [-0.2, -0.15) is 0 Å². The summed E-state index contributed by atoms with van der Waals surface area (Å²) < 4.78 is 0. The summed E-state index contributed by atoms with van der Waals surface area (Å²) in [6.45, 7) is 0. The zero-order chi connectivity index (χ0) is 50.9. The number of amidine groups is 1. The van der Waals surface area contributed by atoms with Gasteiger partial charge in [0.05, 0.1) is 28.4 Å². The fourth-order valence-electron chi connectivity index (χ4n) is 12.2. The van der Waals surface area contributed by atoms with E-state index in [9.17, 15) is 0 Å². The van der Waals surface area contributed by atoms with Crippen LogP contribution in [0, 0.1) is 0 Å². The van der Waals surface area contributed by atoms with Crippen LogP contribution in [0.5, 0.6) is 0 Å². The van der Waals surface area contributed by atoms with E-state index in [2.05, 4.69) is 284 Å². The third-order valence-electron chi connectivity index (χ3n) is 15.9. The molecule has 4 nitrogen and oxygen atoms in total. The lowest BCUT2D eigenvalue weighted by molar-refractivity contribution is 0.768. The SMILES string of the molecule is C1=CC2=C(c3ccc4c(c3)C(c3ccccc3)(c3ccccc3)c3cc(-c5nc(-c6ccc7cc(-c8ccccc8)ccc7c6)nc6ccccc56)ccc3-4)N=C(c3ccc4cc(-c5ccccc5)ccc4c3)NC2C=C1. The van der Waals surface area contributed by atoms with Crippen LogP contribution < -0.4 is 5.32 Å². The van der Waals surface area contributed by atoms with Crippen molar-refractivity contribution < 1.29 is 0 Å². The number of allylic oxidation sites excluding steroid dienone is 2. The summed E-state index contributed by atoms with van der Waals surface area (Å²) in [5.41, 5.74) is 19.4. The van der Waals surface area contributed by atoms with Gasteiger partial charge in [-0.3, -0.25) is 0 Å². The Morgan fingerprint density at radius 2 is 0.870 bits per heavy atom. The molecule has 0 spiro atoms. The predicted molar refractivity (Wildman–Crippen MR) is 319 cm³/mol. The number of aliphatic imine (C=N–C) groups is 1. The molecular formula is C73H48N4. The van der Waals surface area contributed by atoms with Crippen molar-refractivity contribution >= 4 is 44.0 Å². The minimum atomic E-state index is -0.689. The first-order valence-corrected chi connectivity index (χ1v) is 26.4. The Morgan fingerprint density at radius 3 is 1.49 bits per heavy atom. The summed E-state index contributed by atoms with van der Waals surface area (Å²) in [5, 5.41) is 9.51. The summed E-state index contributed by atoms with van der Waals surface area (Å²) in [4.78, 5) is 16.3. The van der Waals surface area contributed by atoms with Crippen molar-refractivity contribution in [3.63, 3.8) is 0 Å². The maximum Gasteiger partial charge on any atom is 0.160 e. The quantitative estimate of drug-likeness (QED) is 0.165. The molecule has 1 aliphatic heterocycles. The van der Waals surface area contributed by atoms with Gasteiger partial charge in [0.1, 0.15) is 5.84 Å². The molecule has 2 heterocycles. The minimum Gasteiger partial charge on any atom is -0.359 e. The molecule has 0 amide bonds. The van der Waals surface area contributed by atoms with Crippen LogP contribution in [0.1, 0.15) is 33.4 Å². The summed E-state index contributed by atoms with van der Waals surface area (Å²) >= 11 is 0. The Hall–Kier alpha value is -10.0. The van der Waals surface area contributed by atoms with Crippen LogP contribution >= 0.6 is 0 Å². The maximum absolute atomic E-state index is 5.58. The molecule has 12 aromatic rings. The van der Waals surface area contributed by atoms with E-state index in [4.69, 9.17) is 15.0 Å². The van der Waals surface area contributed by atoms with Gasteiger partial charge in [0.15, 0.2) is 5.82 Å². The summed E-state index contributed by atoms with van der Waals surface area (Å²) in [6, 6.07) is 92.3. The van der Waals surface area contributed by atoms with Crippen molar-refractivity contribution in [2.75, 3.05) is 0 Å². The fraction of sp³-hybridized carbons (Fsp3) is 0.0274. The zero-order valence-electron chi connectivity index (χ0n) is 42.0. The number of fused-ring (bicyclic) bond motifs is 7. The highest BCUT2D eigenvalue weighted by molar-refractivity contribution is 6.07. The highest BCUT2D eigenvalue weighted by Crippen LogP contribution is 2.57. The van der Waals surface area contributed by atoms with E-state index in [1.807, 2.05) is 0 Å². The molecule has 1 aromatic heterocycles. The molecular weight excluding hydrogens is 933 g/mol. The van der Waals surface area contributed by atoms with E-state index in [1.54, 1.807) is 0 Å². The van der Waals surface area contributed by atoms with E-state index >= 15 is 0 Å². The molecule has 2 aliphatic carbocycles. The second kappa shape index (κ2) is 18.1. The van der Waals surface area contributed by atoms with Gasteiger partial charge in [0.25, 0.3) is 0 Å². The first-order valence-electron chi connectivity index (χ1n) is 26.4. The number of nitrogens with zero attached hydrogens (tertiary/aromatic N) is 3. The summed E-state index contributed by atoms with van der Waals surface area (Å²) in [5.74, 6) is 1.55. The highest BCUT2D eigenvalue weighted by atomic mass is 15.1. The van der Waals surface area contributed by atoms with E-state index in [-0.39, 0.29) is 6.04 Å². The molecule has 360 valence electrons. The molecule has 0 bridgehead atoms. The van der Waals surface area contributed by atoms with Gasteiger partial charge in [-0.15, -0.1) is 0 Å². The van der Waals surface area contributed by atoms with Crippen molar-refractivity contribution in [1.29, 1.82) is 0 Å². The Balaban J connectivity index is 0.879. The molecule has 0 fully saturated rings. The fourth-order valence-corrected chi connectivity index (χ4v) is 12.2. The number of hydrogen-bond acceptors (Lipinski definition) is 4. The van der Waals surface area contributed by atoms with Crippen molar-refractivity contribution in [2.24, 2.45) is 4.99 Å². The molecule has 1 N–H and O–H groups in total. The molecule has 0 saturated carbocycles. The van der Waals surface area contributed by atoms with Crippen LogP contribution in [-0.2, 0) is 5.41 Å². The van der Waals surface area contributed by atoms with Crippen LogP contribution in [0.3, 0.4) is 0 Å². The van der Waals surface area contributed by atoms with E-state index in [0.29, 0.717) is 5.82 Å². The van der Waals surface area contributed by atoms with E-state index < -0.39 is 5.41 Å². The van der Waals surface area contributed by atoms with Crippen molar-refractivity contribution in [3.8, 4) is 56.0 Å². The van der Waals surface area contributed by atoms with Crippen LogP contribution in [0.4, 0.5) is 0 Å². The topological polar surface area (TPSA) is 50.2 Å². The van der Waals surface area contributed by atoms with Gasteiger partial charge in [-0.25, -0.2) is 15.0 Å². The van der Waals surface area contributed by atoms with Crippen LogP contribution in [0.2, 0.25) is 0 Å². The van der Waals surface area contributed by atoms with Crippen molar-refractivity contribution in [1.82, 2.24) is 15.3 Å². The molecule has 1 atom stereocenters. The Kier molecular flexibility index (Phi) is 10.5. The molecule has 0 radical (unpaired) electrons. The number of rotatable bonds is 8. The van der Waals surface area contributed by atoms with Gasteiger partial charge in [-0.05, 0) is 120 Å². The molecule has 77 heavy (non-hydrogen) atoms. The van der Waals surface area contributed by atoms with Gasteiger partial charge in [0, 0.05) is 33.2 Å². The molecule has 3 aliphatic rings.